The standard InChI is InChI=1S/C50H99NO12S/c1-3-5-7-9-11-13-15-17-18-19-20-21-22-23-24-25-26-27-29-31-33-35-37-39-45(54)51-42(41-61-50-48(57)49(63-64(58,59)60)47(56)44(40-52)62-50)46(55)43(53)38-36-34-32-30-28-16-14-12-10-8-6-4-2/h42-44,46-50,52-53,55-57H,3-41H2,1-2H3,(H,51,54)(H,58,59,60)/t42-,43+,44+,46-,47-,48+,49-,50+/m0/s1. The van der Waals surface area contributed by atoms with Crippen LogP contribution < -0.4 is 5.32 Å². The number of unbranched alkanes of at least 4 members (excludes halogenated alkanes) is 33. The SMILES string of the molecule is CCCCCCCCCCCCCCCCCCCCCCCCCC(=O)N[C@@H](CO[C@@H]1O[C@H](CO)[C@H](O)[C@H](OS(=O)(=O)O)[C@H]1O)[C@H](O)[C@H](O)CCCCCCCCCCCCCC. The Morgan fingerprint density at radius 2 is 0.938 bits per heavy atom. The summed E-state index contributed by atoms with van der Waals surface area (Å²) >= 11 is 0. The molecule has 8 atom stereocenters. The van der Waals surface area contributed by atoms with Crippen LogP contribution in [-0.2, 0) is 28.9 Å². The van der Waals surface area contributed by atoms with Crippen molar-refractivity contribution < 1.29 is 57.0 Å². The summed E-state index contributed by atoms with van der Waals surface area (Å²) in [5, 5.41) is 55.8. The van der Waals surface area contributed by atoms with Crippen molar-refractivity contribution in [1.82, 2.24) is 5.32 Å². The van der Waals surface area contributed by atoms with Gasteiger partial charge in [-0.3, -0.25) is 9.35 Å². The lowest BCUT2D eigenvalue weighted by Crippen LogP contribution is -2.61. The van der Waals surface area contributed by atoms with Crippen LogP contribution in [-0.4, -0.2) is 107 Å². The van der Waals surface area contributed by atoms with Crippen LogP contribution in [0.5, 0.6) is 0 Å². The first-order chi connectivity index (χ1) is 30.9. The van der Waals surface area contributed by atoms with Gasteiger partial charge in [-0.2, -0.15) is 8.42 Å². The van der Waals surface area contributed by atoms with Crippen LogP contribution in [0.4, 0.5) is 0 Å². The van der Waals surface area contributed by atoms with Crippen LogP contribution in [0.2, 0.25) is 0 Å². The minimum atomic E-state index is -5.11. The highest BCUT2D eigenvalue weighted by atomic mass is 32.3. The number of nitrogens with one attached hydrogen (secondary N) is 1. The van der Waals surface area contributed by atoms with E-state index in [1.54, 1.807) is 0 Å². The van der Waals surface area contributed by atoms with E-state index in [1.165, 1.54) is 173 Å². The molecule has 13 nitrogen and oxygen atoms in total. The molecule has 0 bridgehead atoms. The molecule has 0 aromatic rings. The Morgan fingerprint density at radius 1 is 0.578 bits per heavy atom. The van der Waals surface area contributed by atoms with Crippen LogP contribution in [0.1, 0.15) is 251 Å². The third kappa shape index (κ3) is 32.7. The number of ether oxygens (including phenoxy) is 2. The van der Waals surface area contributed by atoms with E-state index in [9.17, 15) is 43.3 Å². The number of rotatable bonds is 46. The summed E-state index contributed by atoms with van der Waals surface area (Å²) in [6.45, 7) is 3.24. The number of hydrogen-bond acceptors (Lipinski definition) is 11. The number of aliphatic hydroxyl groups is 5. The van der Waals surface area contributed by atoms with Crippen molar-refractivity contribution in [2.45, 2.75) is 300 Å². The average Bonchev–Trinajstić information content (AvgIpc) is 3.27. The monoisotopic (exact) mass is 938 g/mol. The largest absolute Gasteiger partial charge is 0.397 e. The molecule has 1 rings (SSSR count). The molecule has 1 aliphatic heterocycles. The van der Waals surface area contributed by atoms with Gasteiger partial charge in [-0.05, 0) is 12.8 Å². The molecule has 0 radical (unpaired) electrons. The van der Waals surface area contributed by atoms with Gasteiger partial charge in [0.15, 0.2) is 6.29 Å². The molecule has 1 aliphatic rings. The minimum Gasteiger partial charge on any atom is -0.394 e. The number of hydrogen-bond donors (Lipinski definition) is 7. The second-order valence-electron chi connectivity index (χ2n) is 19.0. The van der Waals surface area contributed by atoms with E-state index in [0.717, 1.165) is 38.5 Å². The molecule has 7 N–H and O–H groups in total. The van der Waals surface area contributed by atoms with Gasteiger partial charge < -0.3 is 40.3 Å². The van der Waals surface area contributed by atoms with Gasteiger partial charge in [0.05, 0.1) is 25.4 Å². The first-order valence-electron chi connectivity index (χ1n) is 26.5. The smallest absolute Gasteiger partial charge is 0.394 e. The molecule has 1 heterocycles. The average molecular weight is 938 g/mol. The maximum atomic E-state index is 13.1. The Labute approximate surface area is 390 Å². The zero-order chi connectivity index (χ0) is 47.1. The highest BCUT2D eigenvalue weighted by Gasteiger charge is 2.48. The van der Waals surface area contributed by atoms with E-state index in [4.69, 9.17) is 9.47 Å². The molecule has 0 aromatic heterocycles. The lowest BCUT2D eigenvalue weighted by Gasteiger charge is -2.41. The van der Waals surface area contributed by atoms with Gasteiger partial charge in [-0.1, -0.05) is 232 Å². The number of carbonyl (C=O) groups is 1. The second kappa shape index (κ2) is 41.1. The molecule has 14 heteroatoms. The van der Waals surface area contributed by atoms with E-state index in [2.05, 4.69) is 23.3 Å². The molecule has 382 valence electrons. The Bertz CT molecular complexity index is 1170. The summed E-state index contributed by atoms with van der Waals surface area (Å²) in [7, 11) is -5.11. The predicted molar refractivity (Wildman–Crippen MR) is 256 cm³/mol. The van der Waals surface area contributed by atoms with Crippen molar-refractivity contribution in [3.05, 3.63) is 0 Å². The third-order valence-electron chi connectivity index (χ3n) is 13.0. The minimum absolute atomic E-state index is 0.211. The highest BCUT2D eigenvalue weighted by molar-refractivity contribution is 7.80. The molecule has 0 spiro atoms. The lowest BCUT2D eigenvalue weighted by molar-refractivity contribution is -0.299. The van der Waals surface area contributed by atoms with Crippen LogP contribution in [0.3, 0.4) is 0 Å². The van der Waals surface area contributed by atoms with Gasteiger partial charge in [0, 0.05) is 6.42 Å². The molecule has 64 heavy (non-hydrogen) atoms. The summed E-state index contributed by atoms with van der Waals surface area (Å²) in [6.07, 6.45) is 32.5. The second-order valence-corrected chi connectivity index (χ2v) is 20.0. The van der Waals surface area contributed by atoms with Crippen molar-refractivity contribution in [1.29, 1.82) is 0 Å². The topological polar surface area (TPSA) is 212 Å². The third-order valence-corrected chi connectivity index (χ3v) is 13.5. The highest BCUT2D eigenvalue weighted by Crippen LogP contribution is 2.26. The summed E-state index contributed by atoms with van der Waals surface area (Å²) in [4.78, 5) is 13.1. The molecule has 1 fully saturated rings. The van der Waals surface area contributed by atoms with Gasteiger partial charge in [-0.15, -0.1) is 0 Å². The van der Waals surface area contributed by atoms with E-state index in [1.807, 2.05) is 0 Å². The summed E-state index contributed by atoms with van der Waals surface area (Å²) in [5.41, 5.74) is 0. The van der Waals surface area contributed by atoms with E-state index in [-0.39, 0.29) is 12.3 Å². The fraction of sp³-hybridized carbons (Fsp3) is 0.980. The molecule has 0 aliphatic carbocycles. The quantitative estimate of drug-likeness (QED) is 0.0224. The molecular formula is C50H99NO12S. The molecule has 0 aromatic carbocycles. The summed E-state index contributed by atoms with van der Waals surface area (Å²) < 4.78 is 47.6. The normalized spacial score (nSPS) is 20.7. The fourth-order valence-electron chi connectivity index (χ4n) is 8.85. The number of carbonyl (C=O) groups excluding carboxylic acids is 1. The molecule has 1 amide bonds. The predicted octanol–water partition coefficient (Wildman–Crippen LogP) is 10.3. The Balaban J connectivity index is 2.41. The first-order valence-corrected chi connectivity index (χ1v) is 27.9. The molecular weight excluding hydrogens is 839 g/mol. The van der Waals surface area contributed by atoms with E-state index in [0.29, 0.717) is 19.3 Å². The zero-order valence-corrected chi connectivity index (χ0v) is 41.6. The molecule has 1 saturated heterocycles. The number of amides is 1. The lowest BCUT2D eigenvalue weighted by atomic mass is 9.98. The zero-order valence-electron chi connectivity index (χ0n) is 40.7. The number of aliphatic hydroxyl groups excluding tert-OH is 5. The van der Waals surface area contributed by atoms with E-state index < -0.39 is 72.6 Å². The van der Waals surface area contributed by atoms with Crippen molar-refractivity contribution in [2.75, 3.05) is 13.2 Å². The maximum absolute atomic E-state index is 13.1. The Morgan fingerprint density at radius 3 is 1.30 bits per heavy atom. The van der Waals surface area contributed by atoms with Crippen molar-refractivity contribution >= 4 is 16.3 Å². The van der Waals surface area contributed by atoms with Gasteiger partial charge >= 0.3 is 10.4 Å². The Hall–Kier alpha value is -0.940. The van der Waals surface area contributed by atoms with Crippen molar-refractivity contribution in [3.8, 4) is 0 Å². The Kier molecular flexibility index (Phi) is 39.2. The van der Waals surface area contributed by atoms with Crippen molar-refractivity contribution in [2.24, 2.45) is 0 Å². The fourth-order valence-corrected chi connectivity index (χ4v) is 9.36. The van der Waals surface area contributed by atoms with Gasteiger partial charge in [0.1, 0.15) is 30.5 Å². The van der Waals surface area contributed by atoms with Gasteiger partial charge in [-0.25, -0.2) is 4.18 Å². The van der Waals surface area contributed by atoms with Crippen LogP contribution in [0.15, 0.2) is 0 Å². The summed E-state index contributed by atoms with van der Waals surface area (Å²) in [6, 6.07) is -1.12. The maximum Gasteiger partial charge on any atom is 0.397 e. The van der Waals surface area contributed by atoms with Crippen LogP contribution >= 0.6 is 0 Å². The summed E-state index contributed by atoms with van der Waals surface area (Å²) in [5.74, 6) is -0.338. The van der Waals surface area contributed by atoms with Crippen LogP contribution in [0, 0.1) is 0 Å². The van der Waals surface area contributed by atoms with Gasteiger partial charge in [0.2, 0.25) is 5.91 Å². The van der Waals surface area contributed by atoms with Gasteiger partial charge in [0.25, 0.3) is 0 Å². The molecule has 0 unspecified atom stereocenters. The van der Waals surface area contributed by atoms with Crippen molar-refractivity contribution in [3.63, 3.8) is 0 Å². The molecule has 0 saturated carbocycles. The first kappa shape index (κ1) is 61.1. The van der Waals surface area contributed by atoms with E-state index >= 15 is 0 Å². The van der Waals surface area contributed by atoms with Crippen LogP contribution in [0.25, 0.3) is 0 Å².